The third-order valence-electron chi connectivity index (χ3n) is 4.05. The van der Waals surface area contributed by atoms with Gasteiger partial charge in [0.25, 0.3) is 0 Å². The average molecular weight is 364 g/mol. The number of fused-ring (bicyclic) bond motifs is 1. The van der Waals surface area contributed by atoms with Gasteiger partial charge in [0.1, 0.15) is 5.01 Å². The predicted octanol–water partition coefficient (Wildman–Crippen LogP) is 3.47. The highest BCUT2D eigenvalue weighted by atomic mass is 32.2. The molecule has 1 saturated heterocycles. The van der Waals surface area contributed by atoms with Crippen LogP contribution >= 0.6 is 23.1 Å². The van der Waals surface area contributed by atoms with Crippen LogP contribution in [0.2, 0.25) is 0 Å². The van der Waals surface area contributed by atoms with Gasteiger partial charge >= 0.3 is 0 Å². The Bertz CT molecular complexity index is 667. The molecule has 1 fully saturated rings. The molecule has 2 aromatic rings. The maximum Gasteiger partial charge on any atom is 0.232 e. The Morgan fingerprint density at radius 1 is 1.21 bits per heavy atom. The van der Waals surface area contributed by atoms with Crippen LogP contribution in [0.5, 0.6) is 0 Å². The SMILES string of the molecule is CC(C)(C)SCC(=O)N1CCN(Cc2nc3ccccc3s2)CC1. The molecule has 0 spiro atoms. The molecule has 1 aromatic heterocycles. The largest absolute Gasteiger partial charge is 0.339 e. The van der Waals surface area contributed by atoms with Crippen LogP contribution in [0.4, 0.5) is 0 Å². The normalized spacial score (nSPS) is 16.7. The fourth-order valence-electron chi connectivity index (χ4n) is 2.70. The fraction of sp³-hybridized carbons (Fsp3) is 0.556. The summed E-state index contributed by atoms with van der Waals surface area (Å²) in [5, 5.41) is 1.17. The first-order chi connectivity index (χ1) is 11.4. The van der Waals surface area contributed by atoms with Gasteiger partial charge in [0.15, 0.2) is 0 Å². The summed E-state index contributed by atoms with van der Waals surface area (Å²) in [7, 11) is 0. The number of nitrogens with zero attached hydrogens (tertiary/aromatic N) is 3. The first kappa shape index (κ1) is 17.7. The second-order valence-corrected chi connectivity index (χ2v) is 10.1. The lowest BCUT2D eigenvalue weighted by Crippen LogP contribution is -2.49. The van der Waals surface area contributed by atoms with Crippen LogP contribution in [0.1, 0.15) is 25.8 Å². The number of amides is 1. The van der Waals surface area contributed by atoms with Crippen LogP contribution in [0.25, 0.3) is 10.2 Å². The molecule has 1 amide bonds. The summed E-state index contributed by atoms with van der Waals surface area (Å²) in [5.74, 6) is 0.857. The maximum absolute atomic E-state index is 12.3. The van der Waals surface area contributed by atoms with E-state index in [0.717, 1.165) is 38.2 Å². The Kier molecular flexibility index (Phi) is 5.47. The first-order valence-corrected chi connectivity index (χ1v) is 10.2. The Hall–Kier alpha value is -1.11. The lowest BCUT2D eigenvalue weighted by atomic mass is 10.3. The Balaban J connectivity index is 1.49. The van der Waals surface area contributed by atoms with Crippen molar-refractivity contribution in [3.05, 3.63) is 29.3 Å². The highest BCUT2D eigenvalue weighted by molar-refractivity contribution is 8.01. The quantitative estimate of drug-likeness (QED) is 0.833. The van der Waals surface area contributed by atoms with Gasteiger partial charge in [-0.1, -0.05) is 32.9 Å². The van der Waals surface area contributed by atoms with E-state index >= 15 is 0 Å². The van der Waals surface area contributed by atoms with E-state index in [0.29, 0.717) is 5.75 Å². The topological polar surface area (TPSA) is 36.4 Å². The molecule has 0 atom stereocenters. The molecule has 6 heteroatoms. The summed E-state index contributed by atoms with van der Waals surface area (Å²) in [6, 6.07) is 8.29. The van der Waals surface area contributed by atoms with Crippen LogP contribution in [-0.2, 0) is 11.3 Å². The van der Waals surface area contributed by atoms with E-state index in [4.69, 9.17) is 4.98 Å². The van der Waals surface area contributed by atoms with Gasteiger partial charge in [-0.25, -0.2) is 4.98 Å². The highest BCUT2D eigenvalue weighted by Gasteiger charge is 2.23. The van der Waals surface area contributed by atoms with E-state index in [2.05, 4.69) is 43.9 Å². The van der Waals surface area contributed by atoms with E-state index < -0.39 is 0 Å². The minimum absolute atomic E-state index is 0.143. The van der Waals surface area contributed by atoms with Gasteiger partial charge in [-0.3, -0.25) is 9.69 Å². The van der Waals surface area contributed by atoms with Crippen molar-refractivity contribution in [2.75, 3.05) is 31.9 Å². The summed E-state index contributed by atoms with van der Waals surface area (Å²) in [6.45, 7) is 10.9. The molecule has 3 rings (SSSR count). The number of para-hydroxylation sites is 1. The molecule has 0 radical (unpaired) electrons. The summed E-state index contributed by atoms with van der Waals surface area (Å²) in [4.78, 5) is 21.4. The number of carbonyl (C=O) groups is 1. The van der Waals surface area contributed by atoms with E-state index in [9.17, 15) is 4.79 Å². The lowest BCUT2D eigenvalue weighted by molar-refractivity contribution is -0.130. The number of benzene rings is 1. The molecule has 0 unspecified atom stereocenters. The number of thiazole rings is 1. The number of carbonyl (C=O) groups excluding carboxylic acids is 1. The zero-order valence-electron chi connectivity index (χ0n) is 14.6. The second-order valence-electron chi connectivity index (χ2n) is 7.13. The maximum atomic E-state index is 12.3. The number of piperazine rings is 1. The first-order valence-electron chi connectivity index (χ1n) is 8.39. The molecule has 130 valence electrons. The van der Waals surface area contributed by atoms with E-state index in [-0.39, 0.29) is 10.7 Å². The van der Waals surface area contributed by atoms with Gasteiger partial charge in [-0.05, 0) is 12.1 Å². The highest BCUT2D eigenvalue weighted by Crippen LogP contribution is 2.24. The van der Waals surface area contributed by atoms with Crippen molar-refractivity contribution >= 4 is 39.2 Å². The van der Waals surface area contributed by atoms with Gasteiger partial charge in [-0.15, -0.1) is 23.1 Å². The summed E-state index contributed by atoms with van der Waals surface area (Å²) >= 11 is 3.50. The minimum atomic E-state index is 0.143. The molecule has 0 N–H and O–H groups in total. The van der Waals surface area contributed by atoms with Gasteiger partial charge in [-0.2, -0.15) is 0 Å². The Morgan fingerprint density at radius 3 is 2.58 bits per heavy atom. The molecule has 1 aliphatic rings. The van der Waals surface area contributed by atoms with Crippen LogP contribution < -0.4 is 0 Å². The van der Waals surface area contributed by atoms with Crippen LogP contribution in [0.3, 0.4) is 0 Å². The van der Waals surface area contributed by atoms with Crippen molar-refractivity contribution in [2.45, 2.75) is 32.1 Å². The number of thioether (sulfide) groups is 1. The third-order valence-corrected chi connectivity index (χ3v) is 6.33. The molecule has 1 aromatic carbocycles. The Morgan fingerprint density at radius 2 is 1.92 bits per heavy atom. The predicted molar refractivity (Wildman–Crippen MR) is 104 cm³/mol. The van der Waals surface area contributed by atoms with E-state index in [1.54, 1.807) is 23.1 Å². The standard InChI is InChI=1S/C18H25N3OS2/c1-18(2,3)23-13-17(22)21-10-8-20(9-11-21)12-16-19-14-6-4-5-7-15(14)24-16/h4-7H,8-13H2,1-3H3. The molecular formula is C18H25N3OS2. The van der Waals surface area contributed by atoms with Crippen molar-refractivity contribution in [1.82, 2.24) is 14.8 Å². The van der Waals surface area contributed by atoms with Crippen molar-refractivity contribution in [3.63, 3.8) is 0 Å². The van der Waals surface area contributed by atoms with Crippen LogP contribution in [-0.4, -0.2) is 57.4 Å². The summed E-state index contributed by atoms with van der Waals surface area (Å²) in [6.07, 6.45) is 0. The average Bonchev–Trinajstić information content (AvgIpc) is 2.95. The number of hydrogen-bond acceptors (Lipinski definition) is 5. The number of rotatable bonds is 4. The van der Waals surface area contributed by atoms with Crippen molar-refractivity contribution in [2.24, 2.45) is 0 Å². The monoisotopic (exact) mass is 363 g/mol. The zero-order chi connectivity index (χ0) is 17.2. The Labute approximate surface area is 152 Å². The molecule has 4 nitrogen and oxygen atoms in total. The molecule has 2 heterocycles. The van der Waals surface area contributed by atoms with Crippen LogP contribution in [0, 0.1) is 0 Å². The second kappa shape index (κ2) is 7.42. The molecular weight excluding hydrogens is 338 g/mol. The fourth-order valence-corrected chi connectivity index (χ4v) is 4.45. The smallest absolute Gasteiger partial charge is 0.232 e. The van der Waals surface area contributed by atoms with Gasteiger partial charge < -0.3 is 4.90 Å². The zero-order valence-corrected chi connectivity index (χ0v) is 16.3. The van der Waals surface area contributed by atoms with Crippen molar-refractivity contribution in [1.29, 1.82) is 0 Å². The third kappa shape index (κ3) is 4.71. The van der Waals surface area contributed by atoms with E-state index in [1.807, 2.05) is 11.0 Å². The van der Waals surface area contributed by atoms with Crippen molar-refractivity contribution < 1.29 is 4.79 Å². The molecule has 24 heavy (non-hydrogen) atoms. The summed E-state index contributed by atoms with van der Waals surface area (Å²) in [5.41, 5.74) is 1.09. The van der Waals surface area contributed by atoms with E-state index in [1.165, 1.54) is 9.71 Å². The lowest BCUT2D eigenvalue weighted by Gasteiger charge is -2.34. The molecule has 0 saturated carbocycles. The molecule has 1 aliphatic heterocycles. The van der Waals surface area contributed by atoms with Gasteiger partial charge in [0, 0.05) is 30.9 Å². The number of hydrogen-bond donors (Lipinski definition) is 0. The summed E-state index contributed by atoms with van der Waals surface area (Å²) < 4.78 is 1.39. The van der Waals surface area contributed by atoms with Crippen molar-refractivity contribution in [3.8, 4) is 0 Å². The molecule has 0 aliphatic carbocycles. The number of aromatic nitrogens is 1. The molecule has 0 bridgehead atoms. The van der Waals surface area contributed by atoms with Gasteiger partial charge in [0.2, 0.25) is 5.91 Å². The van der Waals surface area contributed by atoms with Gasteiger partial charge in [0.05, 0.1) is 22.5 Å². The van der Waals surface area contributed by atoms with Crippen LogP contribution in [0.15, 0.2) is 24.3 Å². The minimum Gasteiger partial charge on any atom is -0.339 e.